The van der Waals surface area contributed by atoms with Gasteiger partial charge in [-0.15, -0.1) is 11.3 Å². The Morgan fingerprint density at radius 3 is 2.79 bits per heavy atom. The third-order valence-corrected chi connectivity index (χ3v) is 8.02. The number of hydrogen-bond acceptors (Lipinski definition) is 8. The number of carbonyl (C=O) groups excluding carboxylic acids is 1. The topological polar surface area (TPSA) is 95.3 Å². The van der Waals surface area contributed by atoms with Crippen LogP contribution in [0.2, 0.25) is 0 Å². The van der Waals surface area contributed by atoms with Gasteiger partial charge in [-0.05, 0) is 30.5 Å². The third kappa shape index (κ3) is 4.92. The lowest BCUT2D eigenvalue weighted by molar-refractivity contribution is -0.129. The summed E-state index contributed by atoms with van der Waals surface area (Å²) in [5.41, 5.74) is 3.18. The summed E-state index contributed by atoms with van der Waals surface area (Å²) in [6.07, 6.45) is 6.05. The van der Waals surface area contributed by atoms with Gasteiger partial charge in [-0.25, -0.2) is 13.8 Å². The van der Waals surface area contributed by atoms with E-state index < -0.39 is 11.6 Å². The van der Waals surface area contributed by atoms with Gasteiger partial charge in [-0.1, -0.05) is 6.58 Å². The van der Waals surface area contributed by atoms with Crippen LogP contribution in [0.3, 0.4) is 0 Å². The molecule has 0 N–H and O–H groups in total. The van der Waals surface area contributed by atoms with Gasteiger partial charge in [-0.3, -0.25) is 19.4 Å². The smallest absolute Gasteiger partial charge is 0.246 e. The zero-order valence-electron chi connectivity index (χ0n) is 22.9. The lowest BCUT2D eigenvalue weighted by Crippen LogP contribution is -2.44. The Labute approximate surface area is 244 Å². The van der Waals surface area contributed by atoms with Crippen LogP contribution in [0.15, 0.2) is 60.9 Å². The van der Waals surface area contributed by atoms with Gasteiger partial charge in [0.25, 0.3) is 0 Å². The Morgan fingerprint density at radius 1 is 1.17 bits per heavy atom. The monoisotopic (exact) mass is 588 g/mol. The lowest BCUT2D eigenvalue weighted by atomic mass is 9.97. The molecule has 1 atom stereocenters. The van der Waals surface area contributed by atoms with Crippen molar-refractivity contribution in [2.24, 2.45) is 0 Å². The molecule has 9 nitrogen and oxygen atoms in total. The molecule has 5 heterocycles. The van der Waals surface area contributed by atoms with Crippen molar-refractivity contribution in [1.82, 2.24) is 29.6 Å². The second-order valence-electron chi connectivity index (χ2n) is 9.76. The third-order valence-electron chi connectivity index (χ3n) is 7.09. The maximum atomic E-state index is 15.8. The number of pyridine rings is 1. The second-order valence-corrected chi connectivity index (χ2v) is 10.7. The molecule has 214 valence electrons. The number of benzene rings is 1. The van der Waals surface area contributed by atoms with E-state index in [9.17, 15) is 9.18 Å². The molecule has 1 unspecified atom stereocenters. The van der Waals surface area contributed by atoms with E-state index in [4.69, 9.17) is 19.6 Å². The average Bonchev–Trinajstić information content (AvgIpc) is 3.64. The number of methoxy groups -OCH3 is 1. The van der Waals surface area contributed by atoms with E-state index in [1.165, 1.54) is 24.5 Å². The van der Waals surface area contributed by atoms with E-state index in [0.717, 1.165) is 23.2 Å². The molecule has 42 heavy (non-hydrogen) atoms. The molecule has 0 saturated carbocycles. The molecule has 1 aliphatic rings. The van der Waals surface area contributed by atoms with Crippen LogP contribution >= 0.6 is 11.3 Å². The quantitative estimate of drug-likeness (QED) is 0.174. The maximum Gasteiger partial charge on any atom is 0.246 e. The Morgan fingerprint density at radius 2 is 2.02 bits per heavy atom. The molecule has 12 heteroatoms. The first-order valence-corrected chi connectivity index (χ1v) is 14.1. The molecular weight excluding hydrogens is 562 g/mol. The predicted octanol–water partition coefficient (Wildman–Crippen LogP) is 5.50. The summed E-state index contributed by atoms with van der Waals surface area (Å²) in [7, 11) is 1.52. The van der Waals surface area contributed by atoms with Crippen molar-refractivity contribution in [3.05, 3.63) is 78.2 Å². The predicted molar refractivity (Wildman–Crippen MR) is 155 cm³/mol. The summed E-state index contributed by atoms with van der Waals surface area (Å²) < 4.78 is 43.8. The molecule has 0 radical (unpaired) electrons. The minimum absolute atomic E-state index is 0.0231. The van der Waals surface area contributed by atoms with E-state index in [2.05, 4.69) is 16.5 Å². The highest BCUT2D eigenvalue weighted by Gasteiger charge is 2.30. The SMILES string of the molecule is C=CC(=O)N1Cc2cc(-c3nc(-c4cnccn4)c4ccsc4c3-c3c(F)cc(F)cc3OCCOC)nn2CC1C. The van der Waals surface area contributed by atoms with Crippen LogP contribution in [0.4, 0.5) is 8.78 Å². The molecule has 5 aromatic rings. The van der Waals surface area contributed by atoms with E-state index >= 15 is 4.39 Å². The molecular formula is C30H26F2N6O3S. The molecule has 1 aliphatic heterocycles. The Bertz CT molecular complexity index is 1810. The van der Waals surface area contributed by atoms with Crippen molar-refractivity contribution in [2.75, 3.05) is 20.3 Å². The van der Waals surface area contributed by atoms with E-state index in [0.29, 0.717) is 46.1 Å². The summed E-state index contributed by atoms with van der Waals surface area (Å²) in [6.45, 7) is 6.66. The molecule has 1 amide bonds. The van der Waals surface area contributed by atoms with Crippen molar-refractivity contribution in [1.29, 1.82) is 0 Å². The Hall–Kier alpha value is -4.55. The standard InChI is InChI=1S/C30H26F2N6O3S/c1-4-25(39)37-16-19-13-22(36-38(19)15-17(37)2)29-27(26-21(32)11-18(31)12-24(26)41-9-8-40-3)30-20(5-10-42-30)28(35-29)23-14-33-6-7-34-23/h4-7,10-14,17H,1,8-9,15-16H2,2-3H3. The first-order valence-electron chi connectivity index (χ1n) is 13.2. The number of halogens is 2. The number of hydrogen-bond donors (Lipinski definition) is 0. The van der Waals surface area contributed by atoms with Crippen molar-refractivity contribution in [3.63, 3.8) is 0 Å². The molecule has 4 aromatic heterocycles. The summed E-state index contributed by atoms with van der Waals surface area (Å²) >= 11 is 1.39. The van der Waals surface area contributed by atoms with Gasteiger partial charge in [0.2, 0.25) is 5.91 Å². The lowest BCUT2D eigenvalue weighted by Gasteiger charge is -2.33. The molecule has 0 saturated heterocycles. The Kier molecular flexibility index (Phi) is 7.48. The number of nitrogens with zero attached hydrogens (tertiary/aromatic N) is 6. The molecule has 6 rings (SSSR count). The fourth-order valence-corrected chi connectivity index (χ4v) is 6.10. The molecule has 0 aliphatic carbocycles. The second kappa shape index (κ2) is 11.4. The average molecular weight is 589 g/mol. The summed E-state index contributed by atoms with van der Waals surface area (Å²) in [4.78, 5) is 27.9. The van der Waals surface area contributed by atoms with Crippen LogP contribution in [0.1, 0.15) is 12.6 Å². The largest absolute Gasteiger partial charge is 0.490 e. The minimum Gasteiger partial charge on any atom is -0.490 e. The van der Waals surface area contributed by atoms with E-state index in [1.807, 2.05) is 29.1 Å². The number of amides is 1. The van der Waals surface area contributed by atoms with Crippen LogP contribution in [0, 0.1) is 11.6 Å². The highest BCUT2D eigenvalue weighted by molar-refractivity contribution is 7.18. The number of ether oxygens (including phenoxy) is 2. The van der Waals surface area contributed by atoms with Gasteiger partial charge in [0.15, 0.2) is 0 Å². The summed E-state index contributed by atoms with van der Waals surface area (Å²) in [5, 5.41) is 7.47. The van der Waals surface area contributed by atoms with Gasteiger partial charge in [0.05, 0.1) is 42.8 Å². The van der Waals surface area contributed by atoms with Crippen molar-refractivity contribution in [2.45, 2.75) is 26.1 Å². The molecule has 0 bridgehead atoms. The van der Waals surface area contributed by atoms with Gasteiger partial charge >= 0.3 is 0 Å². The van der Waals surface area contributed by atoms with Gasteiger partial charge in [0.1, 0.15) is 41.1 Å². The van der Waals surface area contributed by atoms with E-state index in [-0.39, 0.29) is 36.5 Å². The zero-order valence-corrected chi connectivity index (χ0v) is 23.7. The normalized spacial score (nSPS) is 14.7. The first-order chi connectivity index (χ1) is 20.4. The molecule has 1 aromatic carbocycles. The fraction of sp³-hybridized carbons (Fsp3) is 0.233. The van der Waals surface area contributed by atoms with Crippen LogP contribution in [0.5, 0.6) is 5.75 Å². The summed E-state index contributed by atoms with van der Waals surface area (Å²) in [5.74, 6) is -1.72. The minimum atomic E-state index is -0.798. The van der Waals surface area contributed by atoms with Gasteiger partial charge in [0, 0.05) is 53.3 Å². The van der Waals surface area contributed by atoms with Crippen LogP contribution in [-0.4, -0.2) is 61.9 Å². The number of aromatic nitrogens is 5. The van der Waals surface area contributed by atoms with Crippen molar-refractivity contribution >= 4 is 27.3 Å². The highest BCUT2D eigenvalue weighted by atomic mass is 32.1. The molecule has 0 fully saturated rings. The highest BCUT2D eigenvalue weighted by Crippen LogP contribution is 2.46. The molecule has 0 spiro atoms. The fourth-order valence-electron chi connectivity index (χ4n) is 5.15. The number of thiophene rings is 1. The summed E-state index contributed by atoms with van der Waals surface area (Å²) in [6, 6.07) is 5.60. The van der Waals surface area contributed by atoms with Gasteiger partial charge in [-0.2, -0.15) is 5.10 Å². The van der Waals surface area contributed by atoms with Crippen LogP contribution < -0.4 is 4.74 Å². The van der Waals surface area contributed by atoms with Crippen molar-refractivity contribution in [3.8, 4) is 39.7 Å². The number of fused-ring (bicyclic) bond motifs is 2. The van der Waals surface area contributed by atoms with Crippen LogP contribution in [0.25, 0.3) is 44.0 Å². The Balaban J connectivity index is 1.62. The van der Waals surface area contributed by atoms with Crippen molar-refractivity contribution < 1.29 is 23.0 Å². The first kappa shape index (κ1) is 27.6. The number of rotatable bonds is 8. The zero-order chi connectivity index (χ0) is 29.4. The number of carbonyl (C=O) groups is 1. The van der Waals surface area contributed by atoms with Gasteiger partial charge < -0.3 is 14.4 Å². The van der Waals surface area contributed by atoms with Crippen LogP contribution in [-0.2, 0) is 22.6 Å². The van der Waals surface area contributed by atoms with E-state index in [1.54, 1.807) is 23.5 Å². The maximum absolute atomic E-state index is 15.8.